The van der Waals surface area contributed by atoms with Crippen molar-refractivity contribution in [3.8, 4) is 0 Å². The maximum Gasteiger partial charge on any atom is 0.340 e. The number of thiophene rings is 1. The Morgan fingerprint density at radius 3 is 2.61 bits per heavy atom. The van der Waals surface area contributed by atoms with Crippen molar-refractivity contribution in [3.05, 3.63) is 56.9 Å². The number of halogens is 1. The number of carbonyl (C=O) groups excluding carboxylic acids is 2. The van der Waals surface area contributed by atoms with Gasteiger partial charge in [0.1, 0.15) is 4.21 Å². The van der Waals surface area contributed by atoms with Gasteiger partial charge >= 0.3 is 5.97 Å². The molecule has 1 N–H and O–H groups in total. The number of benzene rings is 1. The Labute approximate surface area is 189 Å². The summed E-state index contributed by atoms with van der Waals surface area (Å²) in [5, 5.41) is 0.619. The number of carbonyl (C=O) groups is 2. The van der Waals surface area contributed by atoms with Crippen molar-refractivity contribution in [3.63, 3.8) is 0 Å². The van der Waals surface area contributed by atoms with E-state index in [0.717, 1.165) is 29.7 Å². The van der Waals surface area contributed by atoms with Crippen LogP contribution >= 0.6 is 22.9 Å². The highest BCUT2D eigenvalue weighted by Gasteiger charge is 2.37. The van der Waals surface area contributed by atoms with Gasteiger partial charge in [0.25, 0.3) is 10.0 Å². The van der Waals surface area contributed by atoms with Gasteiger partial charge in [-0.15, -0.1) is 11.3 Å². The molecule has 2 aliphatic rings. The van der Waals surface area contributed by atoms with Crippen LogP contribution in [-0.2, 0) is 32.5 Å². The highest BCUT2D eigenvalue weighted by Crippen LogP contribution is 2.37. The molecule has 0 unspecified atom stereocenters. The van der Waals surface area contributed by atoms with Crippen LogP contribution in [-0.4, -0.2) is 44.9 Å². The van der Waals surface area contributed by atoms with Gasteiger partial charge in [-0.1, -0.05) is 23.7 Å². The Balaban J connectivity index is 1.57. The minimum absolute atomic E-state index is 0.0257. The van der Waals surface area contributed by atoms with Crippen molar-refractivity contribution in [1.82, 2.24) is 9.62 Å². The van der Waals surface area contributed by atoms with Gasteiger partial charge in [0, 0.05) is 28.6 Å². The van der Waals surface area contributed by atoms with Crippen molar-refractivity contribution in [1.29, 1.82) is 0 Å². The first-order valence-corrected chi connectivity index (χ1v) is 12.4. The fraction of sp³-hybridized carbons (Fsp3) is 0.333. The Kier molecular flexibility index (Phi) is 6.20. The number of nitrogens with one attached hydrogen (secondary N) is 1. The van der Waals surface area contributed by atoms with E-state index < -0.39 is 16.0 Å². The number of hydrogen-bond donors (Lipinski definition) is 1. The lowest BCUT2D eigenvalue weighted by atomic mass is 10.0. The maximum absolute atomic E-state index is 12.8. The first-order chi connectivity index (χ1) is 14.8. The number of esters is 1. The van der Waals surface area contributed by atoms with E-state index in [1.807, 2.05) is 12.1 Å². The van der Waals surface area contributed by atoms with Crippen LogP contribution in [0.2, 0.25) is 5.02 Å². The molecule has 1 aliphatic heterocycles. The second-order valence-corrected chi connectivity index (χ2v) is 10.9. The highest BCUT2D eigenvalue weighted by molar-refractivity contribution is 7.91. The number of nitrogens with zero attached hydrogens (tertiary/aromatic N) is 1. The number of ether oxygens (including phenoxy) is 1. The number of fused-ring (bicyclic) bond motifs is 1. The average Bonchev–Trinajstić information content (AvgIpc) is 3.47. The summed E-state index contributed by atoms with van der Waals surface area (Å²) in [5.74, 6) is -0.856. The van der Waals surface area contributed by atoms with E-state index in [4.69, 9.17) is 16.3 Å². The van der Waals surface area contributed by atoms with Crippen molar-refractivity contribution < 1.29 is 22.7 Å². The van der Waals surface area contributed by atoms with Crippen LogP contribution in [0.3, 0.4) is 0 Å². The molecule has 1 saturated carbocycles. The SMILES string of the molecule is COC(=O)c1c(S(=O)(=O)NC2CC2)sc2c1CCN(C(=O)C=Cc1ccc(Cl)cc1)C2. The number of hydrogen-bond acceptors (Lipinski definition) is 6. The lowest BCUT2D eigenvalue weighted by molar-refractivity contribution is -0.126. The Hall–Kier alpha value is -2.20. The number of sulfonamides is 1. The second kappa shape index (κ2) is 8.74. The Morgan fingerprint density at radius 1 is 1.26 bits per heavy atom. The van der Waals surface area contributed by atoms with Crippen molar-refractivity contribution in [2.75, 3.05) is 13.7 Å². The molecule has 4 rings (SSSR count). The summed E-state index contributed by atoms with van der Waals surface area (Å²) in [7, 11) is -2.59. The van der Waals surface area contributed by atoms with Gasteiger partial charge in [-0.3, -0.25) is 4.79 Å². The predicted octanol–water partition coefficient (Wildman–Crippen LogP) is 3.23. The summed E-state index contributed by atoms with van der Waals surface area (Å²) >= 11 is 6.91. The monoisotopic (exact) mass is 480 g/mol. The van der Waals surface area contributed by atoms with E-state index in [-0.39, 0.29) is 28.3 Å². The highest BCUT2D eigenvalue weighted by atomic mass is 35.5. The van der Waals surface area contributed by atoms with Gasteiger partial charge in [0.05, 0.1) is 19.2 Å². The fourth-order valence-corrected chi connectivity index (χ4v) is 6.73. The molecule has 0 atom stereocenters. The average molecular weight is 481 g/mol. The predicted molar refractivity (Wildman–Crippen MR) is 119 cm³/mol. The maximum atomic E-state index is 12.8. The standard InChI is InChI=1S/C21H21ClN2O5S2/c1-29-20(26)19-16-10-11-24(18(25)9-4-13-2-5-14(22)6-3-13)12-17(16)30-21(19)31(27,28)23-15-7-8-15/h2-6,9,15,23H,7-8,10-12H2,1H3. The fourth-order valence-electron chi connectivity index (χ4n) is 3.39. The molecule has 10 heteroatoms. The second-order valence-electron chi connectivity index (χ2n) is 7.45. The van der Waals surface area contributed by atoms with Gasteiger partial charge in [-0.05, 0) is 48.6 Å². The molecule has 1 aliphatic carbocycles. The molecule has 164 valence electrons. The summed E-state index contributed by atoms with van der Waals surface area (Å²) in [6.45, 7) is 0.625. The lowest BCUT2D eigenvalue weighted by Crippen LogP contribution is -2.34. The number of methoxy groups -OCH3 is 1. The lowest BCUT2D eigenvalue weighted by Gasteiger charge is -2.26. The third kappa shape index (κ3) is 4.85. The molecule has 0 spiro atoms. The molecule has 2 heterocycles. The van der Waals surface area contributed by atoms with Gasteiger partial charge in [0.2, 0.25) is 5.91 Å². The van der Waals surface area contributed by atoms with Gasteiger partial charge in [-0.2, -0.15) is 0 Å². The van der Waals surface area contributed by atoms with Crippen LogP contribution in [0, 0.1) is 0 Å². The Bertz CT molecular complexity index is 1150. The van der Waals surface area contributed by atoms with E-state index in [0.29, 0.717) is 28.4 Å². The number of rotatable bonds is 6. The van der Waals surface area contributed by atoms with Gasteiger partial charge in [0.15, 0.2) is 0 Å². The molecule has 1 aromatic carbocycles. The van der Waals surface area contributed by atoms with Crippen LogP contribution in [0.25, 0.3) is 6.08 Å². The molecule has 1 amide bonds. The molecule has 1 aromatic heterocycles. The summed E-state index contributed by atoms with van der Waals surface area (Å²) in [6.07, 6.45) is 5.16. The van der Waals surface area contributed by atoms with E-state index in [1.165, 1.54) is 13.2 Å². The molecule has 0 saturated heterocycles. The first-order valence-electron chi connectivity index (χ1n) is 9.76. The smallest absolute Gasteiger partial charge is 0.340 e. The third-order valence-electron chi connectivity index (χ3n) is 5.16. The largest absolute Gasteiger partial charge is 0.465 e. The van der Waals surface area contributed by atoms with Crippen LogP contribution < -0.4 is 4.72 Å². The molecule has 0 radical (unpaired) electrons. The van der Waals surface area contributed by atoms with Gasteiger partial charge < -0.3 is 9.64 Å². The van der Waals surface area contributed by atoms with E-state index in [1.54, 1.807) is 23.1 Å². The van der Waals surface area contributed by atoms with Crippen LogP contribution in [0.15, 0.2) is 34.6 Å². The normalized spacial score (nSPS) is 16.4. The molecule has 1 fully saturated rings. The van der Waals surface area contributed by atoms with Gasteiger partial charge in [-0.25, -0.2) is 17.9 Å². The van der Waals surface area contributed by atoms with Crippen LogP contribution in [0.5, 0.6) is 0 Å². The summed E-state index contributed by atoms with van der Waals surface area (Å²) in [5.41, 5.74) is 1.59. The van der Waals surface area contributed by atoms with Crippen molar-refractivity contribution in [2.45, 2.75) is 36.1 Å². The van der Waals surface area contributed by atoms with E-state index >= 15 is 0 Å². The Morgan fingerprint density at radius 2 is 1.97 bits per heavy atom. The molecule has 0 bridgehead atoms. The van der Waals surface area contributed by atoms with Crippen LogP contribution in [0.4, 0.5) is 0 Å². The van der Waals surface area contributed by atoms with E-state index in [9.17, 15) is 18.0 Å². The van der Waals surface area contributed by atoms with E-state index in [2.05, 4.69) is 4.72 Å². The molecular weight excluding hydrogens is 460 g/mol. The topological polar surface area (TPSA) is 92.8 Å². The van der Waals surface area contributed by atoms with Crippen molar-refractivity contribution in [2.24, 2.45) is 0 Å². The zero-order valence-electron chi connectivity index (χ0n) is 16.8. The third-order valence-corrected chi connectivity index (χ3v) is 8.66. The summed E-state index contributed by atoms with van der Waals surface area (Å²) in [6, 6.07) is 7.04. The minimum atomic E-state index is -3.82. The summed E-state index contributed by atoms with van der Waals surface area (Å²) in [4.78, 5) is 27.4. The minimum Gasteiger partial charge on any atom is -0.465 e. The molecule has 31 heavy (non-hydrogen) atoms. The quantitative estimate of drug-likeness (QED) is 0.506. The molecule has 7 nitrogen and oxygen atoms in total. The molecular formula is C21H21ClN2O5S2. The number of amides is 1. The van der Waals surface area contributed by atoms with Crippen molar-refractivity contribution >= 4 is 50.9 Å². The molecule has 2 aromatic rings. The zero-order chi connectivity index (χ0) is 22.2. The van der Waals surface area contributed by atoms with Crippen LogP contribution in [0.1, 0.15) is 39.2 Å². The summed E-state index contributed by atoms with van der Waals surface area (Å²) < 4.78 is 33.1. The first kappa shape index (κ1) is 22.0. The zero-order valence-corrected chi connectivity index (χ0v) is 19.1.